The fraction of sp³-hybridized carbons (Fsp3) is 0.684. The minimum atomic E-state index is 0.224. The van der Waals surface area contributed by atoms with Crippen LogP contribution < -0.4 is 14.2 Å². The molecule has 6 heteroatoms. The lowest BCUT2D eigenvalue weighted by Gasteiger charge is -2.43. The first kappa shape index (κ1) is 19.8. The van der Waals surface area contributed by atoms with Crippen molar-refractivity contribution in [2.45, 2.75) is 38.9 Å². The SMILES string of the molecule is COc1cc(OC)c(OC)cc1CN1CCN(C(C)C)C(CCO)C1. The van der Waals surface area contributed by atoms with Crippen LogP contribution in [0.25, 0.3) is 0 Å². The van der Waals surface area contributed by atoms with Crippen molar-refractivity contribution in [2.24, 2.45) is 0 Å². The Morgan fingerprint density at radius 1 is 1.04 bits per heavy atom. The van der Waals surface area contributed by atoms with Gasteiger partial charge in [0.1, 0.15) is 5.75 Å². The summed E-state index contributed by atoms with van der Waals surface area (Å²) in [6.45, 7) is 8.40. The molecular weight excluding hydrogens is 320 g/mol. The minimum Gasteiger partial charge on any atom is -0.496 e. The summed E-state index contributed by atoms with van der Waals surface area (Å²) in [7, 11) is 4.95. The molecular formula is C19H32N2O4. The quantitative estimate of drug-likeness (QED) is 0.772. The zero-order valence-electron chi connectivity index (χ0n) is 16.1. The van der Waals surface area contributed by atoms with E-state index >= 15 is 0 Å². The van der Waals surface area contributed by atoms with E-state index in [-0.39, 0.29) is 6.61 Å². The number of hydrogen-bond donors (Lipinski definition) is 1. The zero-order valence-corrected chi connectivity index (χ0v) is 16.1. The molecule has 0 spiro atoms. The van der Waals surface area contributed by atoms with E-state index in [2.05, 4.69) is 23.6 Å². The van der Waals surface area contributed by atoms with Crippen LogP contribution >= 0.6 is 0 Å². The Kier molecular flexibility index (Phi) is 7.35. The third-order valence-corrected chi connectivity index (χ3v) is 4.92. The summed E-state index contributed by atoms with van der Waals surface area (Å²) in [6, 6.07) is 4.75. The molecule has 1 aliphatic rings. The number of nitrogens with zero attached hydrogens (tertiary/aromatic N) is 2. The predicted octanol–water partition coefficient (Wildman–Crippen LogP) is 1.99. The molecule has 0 amide bonds. The number of methoxy groups -OCH3 is 3. The van der Waals surface area contributed by atoms with Crippen molar-refractivity contribution in [1.29, 1.82) is 0 Å². The smallest absolute Gasteiger partial charge is 0.164 e. The van der Waals surface area contributed by atoms with E-state index in [1.165, 1.54) is 0 Å². The molecule has 0 aliphatic carbocycles. The lowest BCUT2D eigenvalue weighted by atomic mass is 10.1. The first-order valence-electron chi connectivity index (χ1n) is 8.91. The van der Waals surface area contributed by atoms with Crippen molar-refractivity contribution < 1.29 is 19.3 Å². The summed E-state index contributed by atoms with van der Waals surface area (Å²) in [6.07, 6.45) is 0.803. The monoisotopic (exact) mass is 352 g/mol. The van der Waals surface area contributed by atoms with Crippen LogP contribution in [0, 0.1) is 0 Å². The molecule has 2 rings (SSSR count). The highest BCUT2D eigenvalue weighted by Gasteiger charge is 2.28. The van der Waals surface area contributed by atoms with Crippen molar-refractivity contribution in [2.75, 3.05) is 47.6 Å². The van der Waals surface area contributed by atoms with Crippen LogP contribution in [0.3, 0.4) is 0 Å². The van der Waals surface area contributed by atoms with Crippen LogP contribution in [-0.2, 0) is 6.54 Å². The Morgan fingerprint density at radius 3 is 2.24 bits per heavy atom. The first-order chi connectivity index (χ1) is 12.0. The zero-order chi connectivity index (χ0) is 18.4. The van der Waals surface area contributed by atoms with Crippen LogP contribution in [0.4, 0.5) is 0 Å². The highest BCUT2D eigenvalue weighted by molar-refractivity contribution is 5.50. The average molecular weight is 352 g/mol. The van der Waals surface area contributed by atoms with Gasteiger partial charge in [-0.1, -0.05) is 0 Å². The van der Waals surface area contributed by atoms with Gasteiger partial charge in [-0.05, 0) is 26.3 Å². The largest absolute Gasteiger partial charge is 0.496 e. The molecule has 1 aromatic carbocycles. The molecule has 0 saturated carbocycles. The number of hydrogen-bond acceptors (Lipinski definition) is 6. The second-order valence-corrected chi connectivity index (χ2v) is 6.75. The van der Waals surface area contributed by atoms with Gasteiger partial charge in [-0.15, -0.1) is 0 Å². The summed E-state index contributed by atoms with van der Waals surface area (Å²) in [4.78, 5) is 4.90. The number of benzene rings is 1. The van der Waals surface area contributed by atoms with E-state index in [1.54, 1.807) is 21.3 Å². The maximum Gasteiger partial charge on any atom is 0.164 e. The van der Waals surface area contributed by atoms with Crippen LogP contribution in [0.2, 0.25) is 0 Å². The predicted molar refractivity (Wildman–Crippen MR) is 98.7 cm³/mol. The second-order valence-electron chi connectivity index (χ2n) is 6.75. The summed E-state index contributed by atoms with van der Waals surface area (Å²) in [5.74, 6) is 2.19. The molecule has 1 saturated heterocycles. The normalized spacial score (nSPS) is 19.2. The Morgan fingerprint density at radius 2 is 1.68 bits per heavy atom. The Balaban J connectivity index is 2.16. The van der Waals surface area contributed by atoms with E-state index in [0.717, 1.165) is 43.9 Å². The molecule has 1 aliphatic heterocycles. The topological polar surface area (TPSA) is 54.4 Å². The minimum absolute atomic E-state index is 0.224. The Hall–Kier alpha value is -1.50. The van der Waals surface area contributed by atoms with Crippen molar-refractivity contribution in [3.63, 3.8) is 0 Å². The van der Waals surface area contributed by atoms with Gasteiger partial charge < -0.3 is 19.3 Å². The number of aliphatic hydroxyl groups is 1. The van der Waals surface area contributed by atoms with Crippen LogP contribution in [0.1, 0.15) is 25.8 Å². The van der Waals surface area contributed by atoms with Crippen molar-refractivity contribution >= 4 is 0 Å². The Labute approximate surface area is 151 Å². The molecule has 1 fully saturated rings. The van der Waals surface area contributed by atoms with E-state index in [0.29, 0.717) is 23.6 Å². The summed E-state index contributed by atoms with van der Waals surface area (Å²) < 4.78 is 16.3. The number of rotatable bonds is 8. The maximum atomic E-state index is 9.41. The van der Waals surface area contributed by atoms with Gasteiger partial charge in [0.05, 0.1) is 21.3 Å². The standard InChI is InChI=1S/C19H32N2O4/c1-14(2)21-8-7-20(13-16(21)6-9-22)12-15-10-18(24-4)19(25-5)11-17(15)23-3/h10-11,14,16,22H,6-9,12-13H2,1-5H3. The number of ether oxygens (including phenoxy) is 3. The average Bonchev–Trinajstić information content (AvgIpc) is 2.61. The molecule has 1 N–H and O–H groups in total. The van der Waals surface area contributed by atoms with Crippen LogP contribution in [0.5, 0.6) is 17.2 Å². The lowest BCUT2D eigenvalue weighted by Crippen LogP contribution is -2.55. The fourth-order valence-electron chi connectivity index (χ4n) is 3.62. The maximum absolute atomic E-state index is 9.41. The van der Waals surface area contributed by atoms with Crippen molar-refractivity contribution in [3.8, 4) is 17.2 Å². The van der Waals surface area contributed by atoms with Gasteiger partial charge in [0.25, 0.3) is 0 Å². The van der Waals surface area contributed by atoms with Gasteiger partial charge in [-0.3, -0.25) is 9.80 Å². The molecule has 6 nitrogen and oxygen atoms in total. The third kappa shape index (κ3) is 4.77. The highest BCUT2D eigenvalue weighted by atomic mass is 16.5. The molecule has 0 bridgehead atoms. The summed E-state index contributed by atoms with van der Waals surface area (Å²) in [5, 5.41) is 9.41. The van der Waals surface area contributed by atoms with Gasteiger partial charge >= 0.3 is 0 Å². The fourth-order valence-corrected chi connectivity index (χ4v) is 3.62. The lowest BCUT2D eigenvalue weighted by molar-refractivity contribution is 0.0346. The molecule has 0 radical (unpaired) electrons. The molecule has 25 heavy (non-hydrogen) atoms. The highest BCUT2D eigenvalue weighted by Crippen LogP contribution is 2.35. The number of aliphatic hydroxyl groups excluding tert-OH is 1. The van der Waals surface area contributed by atoms with Crippen LogP contribution in [-0.4, -0.2) is 74.6 Å². The van der Waals surface area contributed by atoms with Gasteiger partial charge in [-0.25, -0.2) is 0 Å². The van der Waals surface area contributed by atoms with E-state index < -0.39 is 0 Å². The van der Waals surface area contributed by atoms with E-state index in [9.17, 15) is 5.11 Å². The van der Waals surface area contributed by atoms with Gasteiger partial charge in [0.15, 0.2) is 11.5 Å². The van der Waals surface area contributed by atoms with Crippen molar-refractivity contribution in [1.82, 2.24) is 9.80 Å². The summed E-state index contributed by atoms with van der Waals surface area (Å²) in [5.41, 5.74) is 1.08. The molecule has 1 unspecified atom stereocenters. The third-order valence-electron chi connectivity index (χ3n) is 4.92. The molecule has 1 heterocycles. The number of piperazine rings is 1. The first-order valence-corrected chi connectivity index (χ1v) is 8.91. The van der Waals surface area contributed by atoms with Gasteiger partial charge in [-0.2, -0.15) is 0 Å². The van der Waals surface area contributed by atoms with Crippen molar-refractivity contribution in [3.05, 3.63) is 17.7 Å². The molecule has 0 aromatic heterocycles. The molecule has 1 atom stereocenters. The Bertz CT molecular complexity index is 550. The van der Waals surface area contributed by atoms with Gasteiger partial charge in [0, 0.05) is 56.5 Å². The van der Waals surface area contributed by atoms with E-state index in [4.69, 9.17) is 14.2 Å². The summed E-state index contributed by atoms with van der Waals surface area (Å²) >= 11 is 0. The second kappa shape index (κ2) is 9.27. The molecule has 1 aromatic rings. The van der Waals surface area contributed by atoms with Crippen LogP contribution in [0.15, 0.2) is 12.1 Å². The van der Waals surface area contributed by atoms with Gasteiger partial charge in [0.2, 0.25) is 0 Å². The van der Waals surface area contributed by atoms with E-state index in [1.807, 2.05) is 12.1 Å². The molecule has 142 valence electrons.